The number of hydrogen-bond acceptors (Lipinski definition) is 6. The fraction of sp³-hybridized carbons (Fsp3) is 0.667. The van der Waals surface area contributed by atoms with Crippen molar-refractivity contribution in [3.05, 3.63) is 0 Å². The Balaban J connectivity index is 2.90. The monoisotopic (exact) mass is 263 g/mol. The Morgan fingerprint density at radius 2 is 2.19 bits per heavy atom. The summed E-state index contributed by atoms with van der Waals surface area (Å²) in [6.45, 7) is 4.91. The Labute approximate surface area is 100 Å². The fourth-order valence-electron chi connectivity index (χ4n) is 1.18. The number of sulfone groups is 1. The number of rotatable bonds is 5. The number of hydrogen-bond donors (Lipinski definition) is 2. The van der Waals surface area contributed by atoms with E-state index >= 15 is 0 Å². The molecule has 0 aliphatic rings. The summed E-state index contributed by atoms with van der Waals surface area (Å²) in [7, 11) is -3.32. The molecule has 0 radical (unpaired) electrons. The molecule has 0 amide bonds. The molecule has 0 fully saturated rings. The first-order valence-corrected chi connectivity index (χ1v) is 7.71. The zero-order chi connectivity index (χ0) is 12.3. The summed E-state index contributed by atoms with van der Waals surface area (Å²) >= 11 is 1.09. The van der Waals surface area contributed by atoms with Crippen LogP contribution in [0, 0.1) is 5.92 Å². The predicted octanol–water partition coefficient (Wildman–Crippen LogP) is 1.59. The van der Waals surface area contributed by atoms with E-state index in [1.165, 1.54) is 0 Å². The van der Waals surface area contributed by atoms with Gasteiger partial charge in [0.15, 0.2) is 15.7 Å². The predicted molar refractivity (Wildman–Crippen MR) is 67.6 cm³/mol. The zero-order valence-electron chi connectivity index (χ0n) is 9.65. The number of nitrogens with zero attached hydrogens (tertiary/aromatic N) is 1. The molecule has 0 aliphatic heterocycles. The number of nitrogen functional groups attached to an aromatic ring is 1. The minimum absolute atomic E-state index is 0.0825. The maximum atomic E-state index is 11.5. The van der Waals surface area contributed by atoms with Gasteiger partial charge in [0.2, 0.25) is 0 Å². The van der Waals surface area contributed by atoms with E-state index in [2.05, 4.69) is 23.5 Å². The summed E-state index contributed by atoms with van der Waals surface area (Å²) in [6.07, 6.45) is 2.18. The number of anilines is 2. The summed E-state index contributed by atoms with van der Waals surface area (Å²) in [4.78, 5) is 0.126. The van der Waals surface area contributed by atoms with Crippen molar-refractivity contribution in [2.24, 2.45) is 5.92 Å². The second-order valence-corrected chi connectivity index (χ2v) is 6.62. The van der Waals surface area contributed by atoms with Crippen molar-refractivity contribution >= 4 is 32.2 Å². The first-order chi connectivity index (χ1) is 7.36. The van der Waals surface area contributed by atoms with Crippen molar-refractivity contribution in [1.29, 1.82) is 0 Å². The highest BCUT2D eigenvalue weighted by Crippen LogP contribution is 2.31. The van der Waals surface area contributed by atoms with Gasteiger partial charge in [-0.3, -0.25) is 0 Å². The summed E-state index contributed by atoms with van der Waals surface area (Å²) in [5.74, 6) is 0.565. The van der Waals surface area contributed by atoms with E-state index in [0.717, 1.165) is 30.8 Å². The van der Waals surface area contributed by atoms with Gasteiger partial charge >= 0.3 is 0 Å². The quantitative estimate of drug-likeness (QED) is 0.842. The normalized spacial score (nSPS) is 13.7. The third kappa shape index (κ3) is 3.08. The third-order valence-corrected chi connectivity index (χ3v) is 4.46. The molecule has 0 spiro atoms. The Hall–Kier alpha value is -0.820. The first-order valence-electron chi connectivity index (χ1n) is 5.05. The molecule has 1 aromatic rings. The Morgan fingerprint density at radius 1 is 1.56 bits per heavy atom. The van der Waals surface area contributed by atoms with Gasteiger partial charge in [-0.1, -0.05) is 20.3 Å². The largest absolute Gasteiger partial charge is 0.382 e. The van der Waals surface area contributed by atoms with Crippen LogP contribution in [0.3, 0.4) is 0 Å². The van der Waals surface area contributed by atoms with Crippen molar-refractivity contribution in [3.63, 3.8) is 0 Å². The van der Waals surface area contributed by atoms with Crippen LogP contribution in [0.5, 0.6) is 0 Å². The molecule has 3 N–H and O–H groups in total. The van der Waals surface area contributed by atoms with Gasteiger partial charge in [-0.25, -0.2) is 8.42 Å². The molecule has 1 unspecified atom stereocenters. The molecule has 0 saturated carbocycles. The van der Waals surface area contributed by atoms with Crippen LogP contribution in [0.2, 0.25) is 0 Å². The summed E-state index contributed by atoms with van der Waals surface area (Å²) in [5, 5.41) is 3.63. The summed E-state index contributed by atoms with van der Waals surface area (Å²) < 4.78 is 26.9. The van der Waals surface area contributed by atoms with Gasteiger partial charge in [-0.15, -0.1) is 0 Å². The summed E-state index contributed by atoms with van der Waals surface area (Å²) in [6, 6.07) is 0. The Kier molecular flexibility index (Phi) is 4.15. The lowest BCUT2D eigenvalue weighted by atomic mass is 10.1. The topological polar surface area (TPSA) is 85.1 Å². The van der Waals surface area contributed by atoms with Gasteiger partial charge in [0, 0.05) is 12.8 Å². The highest BCUT2D eigenvalue weighted by atomic mass is 32.2. The second-order valence-electron chi connectivity index (χ2n) is 3.89. The van der Waals surface area contributed by atoms with Gasteiger partial charge in [-0.2, -0.15) is 4.37 Å². The molecule has 0 aromatic carbocycles. The highest BCUT2D eigenvalue weighted by molar-refractivity contribution is 7.91. The molecule has 1 aromatic heterocycles. The zero-order valence-corrected chi connectivity index (χ0v) is 11.3. The lowest BCUT2D eigenvalue weighted by Gasteiger charge is -2.10. The maximum Gasteiger partial charge on any atom is 0.182 e. The van der Waals surface area contributed by atoms with Crippen molar-refractivity contribution in [1.82, 2.24) is 4.37 Å². The highest BCUT2D eigenvalue weighted by Gasteiger charge is 2.21. The van der Waals surface area contributed by atoms with E-state index in [9.17, 15) is 8.42 Å². The van der Waals surface area contributed by atoms with Crippen LogP contribution < -0.4 is 11.1 Å². The molecule has 1 heterocycles. The van der Waals surface area contributed by atoms with Gasteiger partial charge < -0.3 is 11.1 Å². The molecule has 7 heteroatoms. The van der Waals surface area contributed by atoms with Crippen LogP contribution in [0.15, 0.2) is 4.90 Å². The fourth-order valence-corrected chi connectivity index (χ4v) is 3.25. The minimum atomic E-state index is -3.32. The number of aromatic nitrogens is 1. The average molecular weight is 263 g/mol. The van der Waals surface area contributed by atoms with Crippen molar-refractivity contribution in [3.8, 4) is 0 Å². The van der Waals surface area contributed by atoms with E-state index in [1.54, 1.807) is 0 Å². The van der Waals surface area contributed by atoms with Crippen LogP contribution in [0.1, 0.15) is 20.3 Å². The molecule has 5 nitrogen and oxygen atoms in total. The average Bonchev–Trinajstić information content (AvgIpc) is 2.55. The van der Waals surface area contributed by atoms with E-state index in [1.807, 2.05) is 0 Å². The first kappa shape index (κ1) is 13.2. The second kappa shape index (κ2) is 5.01. The molecule has 1 atom stereocenters. The van der Waals surface area contributed by atoms with Crippen LogP contribution in [-0.4, -0.2) is 25.6 Å². The molecule has 0 aliphatic carbocycles. The van der Waals surface area contributed by atoms with E-state index in [0.29, 0.717) is 10.9 Å². The van der Waals surface area contributed by atoms with Crippen LogP contribution in [-0.2, 0) is 9.84 Å². The van der Waals surface area contributed by atoms with Gasteiger partial charge in [0.25, 0.3) is 0 Å². The molecule has 1 rings (SSSR count). The molecule has 0 bridgehead atoms. The van der Waals surface area contributed by atoms with E-state index < -0.39 is 9.84 Å². The standard InChI is InChI=1S/C9H17N3O2S2/c1-4-6(2)5-11-9-7(16(3,13)14)8(10)12-15-9/h6,11H,4-5H2,1-3H3,(H2,10,12). The van der Waals surface area contributed by atoms with Gasteiger partial charge in [-0.05, 0) is 17.5 Å². The maximum absolute atomic E-state index is 11.5. The molecular formula is C9H17N3O2S2. The van der Waals surface area contributed by atoms with Gasteiger partial charge in [0.05, 0.1) is 0 Å². The van der Waals surface area contributed by atoms with Gasteiger partial charge in [0.1, 0.15) is 9.90 Å². The Morgan fingerprint density at radius 3 is 2.69 bits per heavy atom. The van der Waals surface area contributed by atoms with Crippen molar-refractivity contribution in [2.45, 2.75) is 25.2 Å². The van der Waals surface area contributed by atoms with Crippen LogP contribution >= 0.6 is 11.5 Å². The third-order valence-electron chi connectivity index (χ3n) is 2.35. The number of nitrogens with two attached hydrogens (primary N) is 1. The lowest BCUT2D eigenvalue weighted by molar-refractivity contribution is 0.591. The van der Waals surface area contributed by atoms with E-state index in [-0.39, 0.29) is 10.7 Å². The summed E-state index contributed by atoms with van der Waals surface area (Å²) in [5.41, 5.74) is 5.55. The lowest BCUT2D eigenvalue weighted by Crippen LogP contribution is -2.12. The molecule has 16 heavy (non-hydrogen) atoms. The SMILES string of the molecule is CCC(C)CNc1snc(N)c1S(C)(=O)=O. The van der Waals surface area contributed by atoms with E-state index in [4.69, 9.17) is 5.73 Å². The molecule has 0 saturated heterocycles. The minimum Gasteiger partial charge on any atom is -0.382 e. The van der Waals surface area contributed by atoms with Crippen LogP contribution in [0.25, 0.3) is 0 Å². The smallest absolute Gasteiger partial charge is 0.182 e. The van der Waals surface area contributed by atoms with Crippen molar-refractivity contribution < 1.29 is 8.42 Å². The molecular weight excluding hydrogens is 246 g/mol. The number of nitrogens with one attached hydrogen (secondary N) is 1. The van der Waals surface area contributed by atoms with Crippen molar-refractivity contribution in [2.75, 3.05) is 23.9 Å². The van der Waals surface area contributed by atoms with Crippen LogP contribution in [0.4, 0.5) is 10.8 Å². The Bertz CT molecular complexity index is 453. The molecule has 92 valence electrons.